The maximum absolute atomic E-state index is 12.0. The molecular formula is C16H20O3S. The average Bonchev–Trinajstić information content (AvgIpc) is 3.11. The minimum Gasteiger partial charge on any atom is -0.478 e. The Balaban J connectivity index is 1.96. The Morgan fingerprint density at radius 1 is 1.35 bits per heavy atom. The van der Waals surface area contributed by atoms with Crippen molar-refractivity contribution in [1.29, 1.82) is 0 Å². The third-order valence-electron chi connectivity index (χ3n) is 4.43. The SMILES string of the molecule is CC1(C)CCc2sc(CC(=O)C3CC3)c(C(=O)O)c2C1. The minimum atomic E-state index is -0.862. The second-order valence-electron chi connectivity index (χ2n) is 6.87. The van der Waals surface area contributed by atoms with Gasteiger partial charge >= 0.3 is 5.97 Å². The van der Waals surface area contributed by atoms with Gasteiger partial charge in [0.2, 0.25) is 0 Å². The van der Waals surface area contributed by atoms with E-state index in [1.54, 1.807) is 11.3 Å². The van der Waals surface area contributed by atoms with E-state index in [9.17, 15) is 14.7 Å². The summed E-state index contributed by atoms with van der Waals surface area (Å²) in [6.45, 7) is 4.38. The lowest BCUT2D eigenvalue weighted by atomic mass is 9.76. The van der Waals surface area contributed by atoms with Crippen LogP contribution in [-0.4, -0.2) is 16.9 Å². The van der Waals surface area contributed by atoms with Crippen LogP contribution in [0, 0.1) is 11.3 Å². The van der Waals surface area contributed by atoms with E-state index >= 15 is 0 Å². The highest BCUT2D eigenvalue weighted by Crippen LogP contribution is 2.42. The summed E-state index contributed by atoms with van der Waals surface area (Å²) in [6, 6.07) is 0. The third kappa shape index (κ3) is 2.53. The van der Waals surface area contributed by atoms with E-state index < -0.39 is 5.97 Å². The lowest BCUT2D eigenvalue weighted by molar-refractivity contribution is -0.119. The van der Waals surface area contributed by atoms with Crippen LogP contribution in [0.15, 0.2) is 0 Å². The van der Waals surface area contributed by atoms with Crippen molar-refractivity contribution in [3.8, 4) is 0 Å². The molecule has 0 amide bonds. The summed E-state index contributed by atoms with van der Waals surface area (Å²) in [7, 11) is 0. The minimum absolute atomic E-state index is 0.163. The maximum Gasteiger partial charge on any atom is 0.337 e. The van der Waals surface area contributed by atoms with Gasteiger partial charge in [0.15, 0.2) is 0 Å². The summed E-state index contributed by atoms with van der Waals surface area (Å²) in [5, 5.41) is 9.54. The van der Waals surface area contributed by atoms with E-state index in [1.165, 1.54) is 4.88 Å². The van der Waals surface area contributed by atoms with Crippen molar-refractivity contribution in [3.63, 3.8) is 0 Å². The number of aryl methyl sites for hydroxylation is 1. The fraction of sp³-hybridized carbons (Fsp3) is 0.625. The number of carboxylic acid groups (broad SMARTS) is 1. The maximum atomic E-state index is 12.0. The Kier molecular flexibility index (Phi) is 3.24. The summed E-state index contributed by atoms with van der Waals surface area (Å²) in [4.78, 5) is 25.6. The van der Waals surface area contributed by atoms with E-state index in [1.807, 2.05) is 0 Å². The Bertz CT molecular complexity index is 579. The van der Waals surface area contributed by atoms with Crippen LogP contribution in [0.3, 0.4) is 0 Å². The van der Waals surface area contributed by atoms with Gasteiger partial charge in [0.1, 0.15) is 5.78 Å². The molecular weight excluding hydrogens is 272 g/mol. The van der Waals surface area contributed by atoms with Crippen molar-refractivity contribution >= 4 is 23.1 Å². The van der Waals surface area contributed by atoms with Gasteiger partial charge in [-0.05, 0) is 43.1 Å². The van der Waals surface area contributed by atoms with Gasteiger partial charge in [0.05, 0.1) is 5.56 Å². The van der Waals surface area contributed by atoms with E-state index in [-0.39, 0.29) is 17.1 Å². The Hall–Kier alpha value is -1.16. The van der Waals surface area contributed by atoms with Crippen molar-refractivity contribution in [2.24, 2.45) is 11.3 Å². The number of thiophene rings is 1. The zero-order chi connectivity index (χ0) is 14.5. The number of fused-ring (bicyclic) bond motifs is 1. The monoisotopic (exact) mass is 292 g/mol. The first kappa shape index (κ1) is 13.8. The number of hydrogen-bond acceptors (Lipinski definition) is 3. The van der Waals surface area contributed by atoms with Crippen LogP contribution in [0.25, 0.3) is 0 Å². The molecule has 0 aliphatic heterocycles. The lowest BCUT2D eigenvalue weighted by Gasteiger charge is -2.29. The summed E-state index contributed by atoms with van der Waals surface area (Å²) in [6.07, 6.45) is 5.15. The van der Waals surface area contributed by atoms with Gasteiger partial charge in [0.25, 0.3) is 0 Å². The van der Waals surface area contributed by atoms with Gasteiger partial charge in [-0.3, -0.25) is 4.79 Å². The molecule has 0 spiro atoms. The summed E-state index contributed by atoms with van der Waals surface area (Å²) < 4.78 is 0. The van der Waals surface area contributed by atoms with Crippen LogP contribution < -0.4 is 0 Å². The van der Waals surface area contributed by atoms with E-state index in [0.29, 0.717) is 12.0 Å². The van der Waals surface area contributed by atoms with Crippen LogP contribution in [0.4, 0.5) is 0 Å². The number of carboxylic acids is 1. The Morgan fingerprint density at radius 3 is 2.65 bits per heavy atom. The fourth-order valence-electron chi connectivity index (χ4n) is 3.06. The van der Waals surface area contributed by atoms with Crippen molar-refractivity contribution in [2.75, 3.05) is 0 Å². The molecule has 20 heavy (non-hydrogen) atoms. The number of ketones is 1. The van der Waals surface area contributed by atoms with Gasteiger partial charge in [-0.25, -0.2) is 4.79 Å². The van der Waals surface area contributed by atoms with Gasteiger partial charge in [-0.1, -0.05) is 13.8 Å². The van der Waals surface area contributed by atoms with Crippen LogP contribution in [0.1, 0.15) is 58.8 Å². The molecule has 0 radical (unpaired) electrons. The molecule has 3 nitrogen and oxygen atoms in total. The summed E-state index contributed by atoms with van der Waals surface area (Å²) >= 11 is 1.56. The van der Waals surface area contributed by atoms with Crippen LogP contribution in [-0.2, 0) is 24.1 Å². The molecule has 2 aliphatic carbocycles. The Labute approximate surface area is 123 Å². The molecule has 0 unspecified atom stereocenters. The zero-order valence-electron chi connectivity index (χ0n) is 12.0. The quantitative estimate of drug-likeness (QED) is 0.924. The molecule has 1 N–H and O–H groups in total. The molecule has 4 heteroatoms. The highest BCUT2D eigenvalue weighted by atomic mass is 32.1. The van der Waals surface area contributed by atoms with Gasteiger partial charge in [-0.2, -0.15) is 0 Å². The summed E-state index contributed by atoms with van der Waals surface area (Å²) in [5.74, 6) is -0.434. The van der Waals surface area contributed by atoms with Gasteiger partial charge < -0.3 is 5.11 Å². The number of carbonyl (C=O) groups excluding carboxylic acids is 1. The molecule has 2 aliphatic rings. The molecule has 0 bridgehead atoms. The zero-order valence-corrected chi connectivity index (χ0v) is 12.8. The average molecular weight is 292 g/mol. The Morgan fingerprint density at radius 2 is 2.05 bits per heavy atom. The van der Waals surface area contributed by atoms with Gasteiger partial charge in [0, 0.05) is 22.1 Å². The number of hydrogen-bond donors (Lipinski definition) is 1. The highest BCUT2D eigenvalue weighted by Gasteiger charge is 2.35. The van der Waals surface area contributed by atoms with Gasteiger partial charge in [-0.15, -0.1) is 11.3 Å². The normalized spacial score (nSPS) is 20.5. The summed E-state index contributed by atoms with van der Waals surface area (Å²) in [5.41, 5.74) is 1.60. The van der Waals surface area contributed by atoms with Crippen LogP contribution in [0.2, 0.25) is 0 Å². The molecule has 1 fully saturated rings. The highest BCUT2D eigenvalue weighted by molar-refractivity contribution is 7.12. The van der Waals surface area contributed by atoms with Crippen molar-refractivity contribution < 1.29 is 14.7 Å². The van der Waals surface area contributed by atoms with Crippen LogP contribution >= 0.6 is 11.3 Å². The van der Waals surface area contributed by atoms with E-state index in [0.717, 1.165) is 42.5 Å². The molecule has 1 saturated carbocycles. The largest absolute Gasteiger partial charge is 0.478 e. The molecule has 1 aromatic heterocycles. The van der Waals surface area contributed by atoms with Crippen molar-refractivity contribution in [3.05, 3.63) is 20.9 Å². The molecule has 1 heterocycles. The second-order valence-corrected chi connectivity index (χ2v) is 8.06. The molecule has 0 atom stereocenters. The first-order valence-electron chi connectivity index (χ1n) is 7.27. The molecule has 1 aromatic rings. The number of rotatable bonds is 4. The number of carbonyl (C=O) groups is 2. The fourth-order valence-corrected chi connectivity index (χ4v) is 4.38. The smallest absolute Gasteiger partial charge is 0.337 e. The molecule has 108 valence electrons. The van der Waals surface area contributed by atoms with Crippen LogP contribution in [0.5, 0.6) is 0 Å². The van der Waals surface area contributed by atoms with E-state index in [4.69, 9.17) is 0 Å². The van der Waals surface area contributed by atoms with E-state index in [2.05, 4.69) is 13.8 Å². The number of Topliss-reactive ketones (excluding diaryl/α,β-unsaturated/α-hetero) is 1. The number of aromatic carboxylic acids is 1. The second kappa shape index (κ2) is 4.69. The predicted octanol–water partition coefficient (Wildman–Crippen LogP) is 3.48. The standard InChI is InChI=1S/C16H20O3S/c1-16(2)6-5-12-10(8-16)14(15(18)19)13(20-12)7-11(17)9-3-4-9/h9H,3-8H2,1-2H3,(H,18,19). The molecule has 0 aromatic carbocycles. The molecule has 3 rings (SSSR count). The molecule has 0 saturated heterocycles. The third-order valence-corrected chi connectivity index (χ3v) is 5.72. The first-order valence-corrected chi connectivity index (χ1v) is 8.08. The van der Waals surface area contributed by atoms with Crippen molar-refractivity contribution in [2.45, 2.75) is 52.4 Å². The first-order chi connectivity index (χ1) is 9.37. The topological polar surface area (TPSA) is 54.4 Å². The predicted molar refractivity (Wildman–Crippen MR) is 78.5 cm³/mol. The van der Waals surface area contributed by atoms with Crippen molar-refractivity contribution in [1.82, 2.24) is 0 Å². The lowest BCUT2D eigenvalue weighted by Crippen LogP contribution is -2.22.